The molecule has 0 bridgehead atoms. The van der Waals surface area contributed by atoms with Crippen LogP contribution in [0.5, 0.6) is 5.75 Å². The van der Waals surface area contributed by atoms with Crippen LogP contribution in [0.25, 0.3) is 33.5 Å². The number of para-hydroxylation sites is 1. The van der Waals surface area contributed by atoms with Gasteiger partial charge in [0, 0.05) is 5.56 Å². The number of H-pyrrole nitrogens is 1. The van der Waals surface area contributed by atoms with Gasteiger partial charge in [-0.05, 0) is 35.7 Å². The fourth-order valence-corrected chi connectivity index (χ4v) is 2.99. The Kier molecular flexibility index (Phi) is 3.54. The van der Waals surface area contributed by atoms with Gasteiger partial charge < -0.3 is 10.1 Å². The van der Waals surface area contributed by atoms with Gasteiger partial charge in [-0.1, -0.05) is 55.5 Å². The zero-order chi connectivity index (χ0) is 16.5. The number of nitrogens with one attached hydrogen (secondary N) is 1. The summed E-state index contributed by atoms with van der Waals surface area (Å²) >= 11 is 0. The van der Waals surface area contributed by atoms with E-state index in [9.17, 15) is 5.11 Å². The van der Waals surface area contributed by atoms with Crippen molar-refractivity contribution in [3.63, 3.8) is 0 Å². The second kappa shape index (κ2) is 5.85. The maximum absolute atomic E-state index is 10.8. The van der Waals surface area contributed by atoms with Crippen molar-refractivity contribution in [3.05, 3.63) is 72.3 Å². The molecule has 1 aromatic heterocycles. The lowest BCUT2D eigenvalue weighted by Crippen LogP contribution is -1.85. The van der Waals surface area contributed by atoms with E-state index in [1.54, 1.807) is 0 Å². The lowest BCUT2D eigenvalue weighted by molar-refractivity contribution is 0.479. The number of hydrogen-bond donors (Lipinski definition) is 2. The number of benzene rings is 3. The van der Waals surface area contributed by atoms with E-state index in [0.717, 1.165) is 28.6 Å². The molecule has 2 N–H and O–H groups in total. The zero-order valence-electron chi connectivity index (χ0n) is 13.5. The summed E-state index contributed by atoms with van der Waals surface area (Å²) in [5, 5.41) is 10.8. The van der Waals surface area contributed by atoms with Crippen LogP contribution in [0.2, 0.25) is 0 Å². The molecule has 3 heteroatoms. The van der Waals surface area contributed by atoms with E-state index in [4.69, 9.17) is 0 Å². The second-order valence-electron chi connectivity index (χ2n) is 5.86. The van der Waals surface area contributed by atoms with Gasteiger partial charge >= 0.3 is 0 Å². The molecule has 0 fully saturated rings. The molecule has 0 saturated carbocycles. The summed E-state index contributed by atoms with van der Waals surface area (Å²) in [6, 6.07) is 21.9. The van der Waals surface area contributed by atoms with E-state index in [-0.39, 0.29) is 5.75 Å². The number of aromatic hydroxyl groups is 1. The quantitative estimate of drug-likeness (QED) is 0.548. The third-order valence-electron chi connectivity index (χ3n) is 4.33. The maximum Gasteiger partial charge on any atom is 0.142 e. The minimum atomic E-state index is 0.249. The smallest absolute Gasteiger partial charge is 0.142 e. The molecule has 4 aromatic rings. The topological polar surface area (TPSA) is 48.9 Å². The van der Waals surface area contributed by atoms with E-state index in [2.05, 4.69) is 29.0 Å². The number of hydrogen-bond acceptors (Lipinski definition) is 2. The van der Waals surface area contributed by atoms with Crippen molar-refractivity contribution >= 4 is 11.0 Å². The van der Waals surface area contributed by atoms with Crippen LogP contribution in [0.3, 0.4) is 0 Å². The van der Waals surface area contributed by atoms with E-state index in [1.165, 1.54) is 5.56 Å². The Morgan fingerprint density at radius 1 is 0.917 bits per heavy atom. The minimum Gasteiger partial charge on any atom is -0.507 e. The number of phenolic OH excluding ortho intramolecular Hbond substituents is 1. The SMILES string of the molecule is CCc1ccc2nc(-c3cccc(-c4ccccc4)c3O)[nH]c2c1. The standard InChI is InChI=1S/C21H18N2O/c1-2-14-11-12-18-19(13-14)23-21(22-18)17-10-6-9-16(20(17)24)15-7-4-3-5-8-15/h3-13,24H,2H2,1H3,(H,22,23). The molecule has 0 spiro atoms. The summed E-state index contributed by atoms with van der Waals surface area (Å²) in [4.78, 5) is 7.97. The van der Waals surface area contributed by atoms with Gasteiger partial charge in [-0.25, -0.2) is 4.98 Å². The normalized spacial score (nSPS) is 11.0. The first kappa shape index (κ1) is 14.5. The number of nitrogens with zero attached hydrogens (tertiary/aromatic N) is 1. The Morgan fingerprint density at radius 3 is 2.50 bits per heavy atom. The summed E-state index contributed by atoms with van der Waals surface area (Å²) in [6.45, 7) is 2.13. The van der Waals surface area contributed by atoms with Crippen molar-refractivity contribution in [3.8, 4) is 28.3 Å². The minimum absolute atomic E-state index is 0.249. The Morgan fingerprint density at radius 2 is 1.71 bits per heavy atom. The van der Waals surface area contributed by atoms with Crippen molar-refractivity contribution in [2.75, 3.05) is 0 Å². The van der Waals surface area contributed by atoms with Crippen molar-refractivity contribution in [1.82, 2.24) is 9.97 Å². The summed E-state index contributed by atoms with van der Waals surface area (Å²) in [6.07, 6.45) is 0.985. The molecule has 3 aromatic carbocycles. The highest BCUT2D eigenvalue weighted by molar-refractivity contribution is 5.84. The van der Waals surface area contributed by atoms with Gasteiger partial charge in [0.05, 0.1) is 16.6 Å². The van der Waals surface area contributed by atoms with Gasteiger partial charge in [-0.15, -0.1) is 0 Å². The number of rotatable bonds is 3. The first-order chi connectivity index (χ1) is 11.8. The van der Waals surface area contributed by atoms with Crippen molar-refractivity contribution < 1.29 is 5.11 Å². The van der Waals surface area contributed by atoms with Gasteiger partial charge in [-0.3, -0.25) is 0 Å². The molecule has 0 saturated heterocycles. The van der Waals surface area contributed by atoms with Crippen LogP contribution in [-0.2, 0) is 6.42 Å². The molecule has 1 heterocycles. The molecule has 0 unspecified atom stereocenters. The summed E-state index contributed by atoms with van der Waals surface area (Å²) in [5.74, 6) is 0.937. The highest BCUT2D eigenvalue weighted by Crippen LogP contribution is 2.37. The van der Waals surface area contributed by atoms with Crippen LogP contribution in [0.1, 0.15) is 12.5 Å². The number of fused-ring (bicyclic) bond motifs is 1. The van der Waals surface area contributed by atoms with Crippen LogP contribution in [0, 0.1) is 0 Å². The van der Waals surface area contributed by atoms with Gasteiger partial charge in [0.2, 0.25) is 0 Å². The number of aromatic amines is 1. The Labute approximate surface area is 140 Å². The van der Waals surface area contributed by atoms with Crippen LogP contribution in [0.4, 0.5) is 0 Å². The fourth-order valence-electron chi connectivity index (χ4n) is 2.99. The first-order valence-corrected chi connectivity index (χ1v) is 8.12. The predicted octanol–water partition coefficient (Wildman–Crippen LogP) is 5.16. The molecule has 3 nitrogen and oxygen atoms in total. The van der Waals surface area contributed by atoms with Gasteiger partial charge in [0.1, 0.15) is 11.6 Å². The maximum atomic E-state index is 10.8. The summed E-state index contributed by atoms with van der Waals surface area (Å²) in [5.41, 5.74) is 5.68. The third-order valence-corrected chi connectivity index (χ3v) is 4.33. The molecule has 24 heavy (non-hydrogen) atoms. The number of aromatic nitrogens is 2. The molecule has 0 amide bonds. The molecule has 118 valence electrons. The molecular formula is C21H18N2O. The fraction of sp³-hybridized carbons (Fsp3) is 0.0952. The third kappa shape index (κ3) is 2.44. The van der Waals surface area contributed by atoms with Gasteiger partial charge in [0.15, 0.2) is 0 Å². The molecular weight excluding hydrogens is 296 g/mol. The molecule has 4 rings (SSSR count). The molecule has 0 aliphatic carbocycles. The summed E-state index contributed by atoms with van der Waals surface area (Å²) in [7, 11) is 0. The molecule has 0 aliphatic rings. The Hall–Kier alpha value is -3.07. The van der Waals surface area contributed by atoms with Crippen LogP contribution in [0.15, 0.2) is 66.7 Å². The summed E-state index contributed by atoms with van der Waals surface area (Å²) < 4.78 is 0. The van der Waals surface area contributed by atoms with Crippen molar-refractivity contribution in [2.24, 2.45) is 0 Å². The largest absolute Gasteiger partial charge is 0.507 e. The molecule has 0 aliphatic heterocycles. The zero-order valence-corrected chi connectivity index (χ0v) is 13.5. The lowest BCUT2D eigenvalue weighted by atomic mass is 10.0. The van der Waals surface area contributed by atoms with E-state index < -0.39 is 0 Å². The number of phenols is 1. The van der Waals surface area contributed by atoms with Crippen molar-refractivity contribution in [1.29, 1.82) is 0 Å². The number of imidazole rings is 1. The van der Waals surface area contributed by atoms with E-state index in [1.807, 2.05) is 54.6 Å². The highest BCUT2D eigenvalue weighted by atomic mass is 16.3. The predicted molar refractivity (Wildman–Crippen MR) is 98.0 cm³/mol. The Bertz CT molecular complexity index is 1000. The number of aryl methyl sites for hydroxylation is 1. The Balaban J connectivity index is 1.85. The second-order valence-corrected chi connectivity index (χ2v) is 5.86. The van der Waals surface area contributed by atoms with Crippen LogP contribution < -0.4 is 0 Å². The van der Waals surface area contributed by atoms with Gasteiger partial charge in [-0.2, -0.15) is 0 Å². The van der Waals surface area contributed by atoms with Crippen LogP contribution >= 0.6 is 0 Å². The van der Waals surface area contributed by atoms with Crippen LogP contribution in [-0.4, -0.2) is 15.1 Å². The molecule has 0 radical (unpaired) electrons. The van der Waals surface area contributed by atoms with E-state index >= 15 is 0 Å². The van der Waals surface area contributed by atoms with Gasteiger partial charge in [0.25, 0.3) is 0 Å². The first-order valence-electron chi connectivity index (χ1n) is 8.12. The monoisotopic (exact) mass is 314 g/mol. The van der Waals surface area contributed by atoms with Crippen molar-refractivity contribution in [2.45, 2.75) is 13.3 Å². The van der Waals surface area contributed by atoms with E-state index in [0.29, 0.717) is 11.4 Å². The molecule has 0 atom stereocenters. The lowest BCUT2D eigenvalue weighted by Gasteiger charge is -2.08. The highest BCUT2D eigenvalue weighted by Gasteiger charge is 2.13. The average molecular weight is 314 g/mol. The average Bonchev–Trinajstić information content (AvgIpc) is 3.05.